The molecule has 1 aromatic carbocycles. The van der Waals surface area contributed by atoms with Gasteiger partial charge in [-0.2, -0.15) is 0 Å². The van der Waals surface area contributed by atoms with E-state index < -0.39 is 0 Å². The van der Waals surface area contributed by atoms with Gasteiger partial charge in [0, 0.05) is 44.0 Å². The van der Waals surface area contributed by atoms with E-state index in [9.17, 15) is 4.79 Å². The number of amides is 1. The van der Waals surface area contributed by atoms with E-state index in [1.165, 1.54) is 0 Å². The topological polar surface area (TPSA) is 35.6 Å². The van der Waals surface area contributed by atoms with E-state index in [2.05, 4.69) is 31.0 Å². The summed E-state index contributed by atoms with van der Waals surface area (Å²) in [4.78, 5) is 17.1. The summed E-state index contributed by atoms with van der Waals surface area (Å²) in [5.74, 6) is 0.139. The zero-order valence-electron chi connectivity index (χ0n) is 13.6. The van der Waals surface area contributed by atoms with Gasteiger partial charge in [-0.3, -0.25) is 9.69 Å². The average Bonchev–Trinajstić information content (AvgIpc) is 2.47. The molecule has 0 aliphatic carbocycles. The molecule has 0 aromatic heterocycles. The highest BCUT2D eigenvalue weighted by Gasteiger charge is 2.28. The van der Waals surface area contributed by atoms with Gasteiger partial charge in [0.25, 0.3) is 5.91 Å². The lowest BCUT2D eigenvalue weighted by Gasteiger charge is -2.42. The number of carbonyl (C=O) groups excluding carboxylic acids is 1. The summed E-state index contributed by atoms with van der Waals surface area (Å²) in [5, 5.41) is 3.27. The van der Waals surface area contributed by atoms with Crippen LogP contribution in [-0.4, -0.2) is 54.0 Å². The van der Waals surface area contributed by atoms with Crippen molar-refractivity contribution >= 4 is 11.6 Å². The van der Waals surface area contributed by atoms with E-state index in [0.29, 0.717) is 0 Å². The first-order valence-corrected chi connectivity index (χ1v) is 7.80. The summed E-state index contributed by atoms with van der Waals surface area (Å²) in [6.45, 7) is 13.0. The molecule has 1 aliphatic rings. The largest absolute Gasteiger partial charge is 0.385 e. The van der Waals surface area contributed by atoms with Crippen molar-refractivity contribution in [3.63, 3.8) is 0 Å². The van der Waals surface area contributed by atoms with E-state index in [1.54, 1.807) is 0 Å². The van der Waals surface area contributed by atoms with Gasteiger partial charge in [-0.05, 0) is 39.8 Å². The number of benzene rings is 1. The first kappa shape index (κ1) is 15.8. The number of hydrogen-bond donors (Lipinski definition) is 1. The predicted octanol–water partition coefficient (Wildman–Crippen LogP) is 2.67. The van der Waals surface area contributed by atoms with Gasteiger partial charge in [0.2, 0.25) is 0 Å². The maximum atomic E-state index is 12.7. The molecule has 1 N–H and O–H groups in total. The Morgan fingerprint density at radius 1 is 1.14 bits per heavy atom. The second kappa shape index (κ2) is 6.48. The Morgan fingerprint density at radius 3 is 2.33 bits per heavy atom. The summed E-state index contributed by atoms with van der Waals surface area (Å²) in [7, 11) is 0. The number of nitrogens with one attached hydrogen (secondary N) is 1. The fraction of sp³-hybridized carbons (Fsp3) is 0.588. The van der Waals surface area contributed by atoms with E-state index >= 15 is 0 Å². The molecule has 1 aliphatic heterocycles. The minimum atomic E-state index is 0.139. The highest BCUT2D eigenvalue weighted by Crippen LogP contribution is 2.20. The molecule has 0 radical (unpaired) electrons. The molecule has 0 atom stereocenters. The van der Waals surface area contributed by atoms with Crippen LogP contribution in [0.25, 0.3) is 0 Å². The number of para-hydroxylation sites is 1. The molecule has 0 spiro atoms. The second-order valence-electron chi connectivity index (χ2n) is 6.53. The molecule has 0 bridgehead atoms. The Kier molecular flexibility index (Phi) is 4.88. The smallest absolute Gasteiger partial charge is 0.256 e. The number of nitrogens with zero attached hydrogens (tertiary/aromatic N) is 2. The number of piperazine rings is 1. The van der Waals surface area contributed by atoms with E-state index in [4.69, 9.17) is 0 Å². The quantitative estimate of drug-likeness (QED) is 0.929. The third kappa shape index (κ3) is 3.76. The molecule has 1 heterocycles. The Morgan fingerprint density at radius 2 is 1.76 bits per heavy atom. The van der Waals surface area contributed by atoms with Crippen LogP contribution in [0.5, 0.6) is 0 Å². The van der Waals surface area contributed by atoms with Gasteiger partial charge in [0.15, 0.2) is 0 Å². The van der Waals surface area contributed by atoms with Crippen LogP contribution in [0.15, 0.2) is 24.3 Å². The van der Waals surface area contributed by atoms with Crippen molar-refractivity contribution in [3.05, 3.63) is 29.8 Å². The molecular formula is C17H27N3O. The van der Waals surface area contributed by atoms with Crippen LogP contribution in [0.2, 0.25) is 0 Å². The van der Waals surface area contributed by atoms with Gasteiger partial charge in [-0.1, -0.05) is 12.1 Å². The van der Waals surface area contributed by atoms with Gasteiger partial charge in [0.05, 0.1) is 5.56 Å². The summed E-state index contributed by atoms with van der Waals surface area (Å²) in [5.41, 5.74) is 1.89. The summed E-state index contributed by atoms with van der Waals surface area (Å²) < 4.78 is 0. The first-order chi connectivity index (χ1) is 9.93. The summed E-state index contributed by atoms with van der Waals surface area (Å²) in [6.07, 6.45) is 0. The molecule has 2 rings (SSSR count). The van der Waals surface area contributed by atoms with Crippen molar-refractivity contribution in [3.8, 4) is 0 Å². The minimum Gasteiger partial charge on any atom is -0.385 e. The Labute approximate surface area is 128 Å². The van der Waals surface area contributed by atoms with Gasteiger partial charge in [-0.15, -0.1) is 0 Å². The lowest BCUT2D eigenvalue weighted by atomic mass is 10.0. The van der Waals surface area contributed by atoms with Crippen molar-refractivity contribution in [1.29, 1.82) is 0 Å². The molecular weight excluding hydrogens is 262 g/mol. The van der Waals surface area contributed by atoms with E-state index in [1.807, 2.05) is 36.1 Å². The number of anilines is 1. The van der Waals surface area contributed by atoms with Crippen molar-refractivity contribution < 1.29 is 4.79 Å². The van der Waals surface area contributed by atoms with Gasteiger partial charge in [-0.25, -0.2) is 0 Å². The molecule has 21 heavy (non-hydrogen) atoms. The Bertz CT molecular complexity index is 485. The lowest BCUT2D eigenvalue weighted by molar-refractivity contribution is 0.0452. The third-order valence-electron chi connectivity index (χ3n) is 4.04. The van der Waals surface area contributed by atoms with Crippen LogP contribution in [-0.2, 0) is 0 Å². The van der Waals surface area contributed by atoms with Crippen molar-refractivity contribution in [2.24, 2.45) is 0 Å². The molecule has 4 nitrogen and oxygen atoms in total. The normalized spacial score (nSPS) is 16.9. The third-order valence-corrected chi connectivity index (χ3v) is 4.04. The van der Waals surface area contributed by atoms with E-state index in [-0.39, 0.29) is 11.4 Å². The number of carbonyl (C=O) groups is 1. The fourth-order valence-electron chi connectivity index (χ4n) is 2.76. The molecule has 1 aromatic rings. The van der Waals surface area contributed by atoms with Crippen molar-refractivity contribution in [2.45, 2.75) is 33.2 Å². The summed E-state index contributed by atoms with van der Waals surface area (Å²) in [6, 6.07) is 7.78. The Balaban J connectivity index is 2.06. The van der Waals surface area contributed by atoms with Crippen LogP contribution in [0.4, 0.5) is 5.69 Å². The number of rotatable bonds is 3. The molecule has 1 fully saturated rings. The van der Waals surface area contributed by atoms with Crippen molar-refractivity contribution in [2.75, 3.05) is 38.0 Å². The molecule has 116 valence electrons. The molecule has 0 saturated carbocycles. The minimum absolute atomic E-state index is 0.139. The standard InChI is InChI=1S/C17H27N3O/c1-5-18-15-9-7-6-8-14(15)16(21)19-10-12-20(13-11-19)17(2,3)4/h6-9,18H,5,10-13H2,1-4H3. The monoisotopic (exact) mass is 289 g/mol. The zero-order valence-corrected chi connectivity index (χ0v) is 13.6. The first-order valence-electron chi connectivity index (χ1n) is 7.80. The highest BCUT2D eigenvalue weighted by atomic mass is 16.2. The van der Waals surface area contributed by atoms with Gasteiger partial charge < -0.3 is 10.2 Å². The van der Waals surface area contributed by atoms with Gasteiger partial charge in [0.1, 0.15) is 0 Å². The van der Waals surface area contributed by atoms with Crippen molar-refractivity contribution in [1.82, 2.24) is 9.80 Å². The van der Waals surface area contributed by atoms with Crippen LogP contribution < -0.4 is 5.32 Å². The Hall–Kier alpha value is -1.55. The lowest BCUT2D eigenvalue weighted by Crippen LogP contribution is -2.54. The SMILES string of the molecule is CCNc1ccccc1C(=O)N1CCN(C(C)(C)C)CC1. The average molecular weight is 289 g/mol. The predicted molar refractivity (Wildman–Crippen MR) is 87.8 cm³/mol. The molecule has 1 saturated heterocycles. The number of hydrogen-bond acceptors (Lipinski definition) is 3. The van der Waals surface area contributed by atoms with Crippen LogP contribution in [0.3, 0.4) is 0 Å². The van der Waals surface area contributed by atoms with Gasteiger partial charge >= 0.3 is 0 Å². The fourth-order valence-corrected chi connectivity index (χ4v) is 2.76. The van der Waals surface area contributed by atoms with E-state index in [0.717, 1.165) is 44.0 Å². The van der Waals surface area contributed by atoms with Crippen LogP contribution in [0.1, 0.15) is 38.1 Å². The van der Waals surface area contributed by atoms with Crippen LogP contribution >= 0.6 is 0 Å². The second-order valence-corrected chi connectivity index (χ2v) is 6.53. The highest BCUT2D eigenvalue weighted by molar-refractivity contribution is 5.99. The maximum Gasteiger partial charge on any atom is 0.256 e. The summed E-state index contributed by atoms with van der Waals surface area (Å²) >= 11 is 0. The molecule has 1 amide bonds. The molecule has 4 heteroatoms. The zero-order chi connectivity index (χ0) is 15.5. The van der Waals surface area contributed by atoms with Crippen LogP contribution in [0, 0.1) is 0 Å². The molecule has 0 unspecified atom stereocenters. The maximum absolute atomic E-state index is 12.7.